The monoisotopic (exact) mass is 375 g/mol. The molecule has 0 aliphatic carbocycles. The molecule has 8 heteroatoms. The second-order valence-electron chi connectivity index (χ2n) is 5.94. The molecule has 1 saturated heterocycles. The lowest BCUT2D eigenvalue weighted by Gasteiger charge is -2.31. The summed E-state index contributed by atoms with van der Waals surface area (Å²) in [5.74, 6) is 0.0813. The third-order valence-corrected chi connectivity index (χ3v) is 6.22. The quantitative estimate of drug-likeness (QED) is 0.762. The van der Waals surface area contributed by atoms with Crippen molar-refractivity contribution in [2.24, 2.45) is 5.73 Å². The Hall–Kier alpha value is -1.15. The molecule has 0 bridgehead atoms. The third kappa shape index (κ3) is 4.27. The number of nitrogens with two attached hydrogens (primary N) is 1. The summed E-state index contributed by atoms with van der Waals surface area (Å²) < 4.78 is 27.9. The predicted octanol–water partition coefficient (Wildman–Crippen LogP) is 2.03. The number of carbonyl (C=O) groups is 1. The van der Waals surface area contributed by atoms with Gasteiger partial charge in [0, 0.05) is 30.7 Å². The maximum atomic E-state index is 12.6. The number of carbonyl (C=O) groups excluding carboxylic acids is 1. The molecule has 0 aromatic heterocycles. The van der Waals surface area contributed by atoms with Gasteiger partial charge in [0.2, 0.25) is 15.9 Å². The van der Waals surface area contributed by atoms with Crippen LogP contribution in [0.2, 0.25) is 0 Å². The average molecular weight is 376 g/mol. The van der Waals surface area contributed by atoms with Gasteiger partial charge in [-0.25, -0.2) is 13.1 Å². The van der Waals surface area contributed by atoms with Gasteiger partial charge >= 0.3 is 0 Å². The smallest absolute Gasteiger partial charge is 0.241 e. The third-order valence-electron chi connectivity index (χ3n) is 4.63. The maximum absolute atomic E-state index is 12.6. The summed E-state index contributed by atoms with van der Waals surface area (Å²) in [6.07, 6.45) is 2.64. The fourth-order valence-electron chi connectivity index (χ4n) is 2.80. The Balaban J connectivity index is 0.00000288. The first-order chi connectivity index (χ1) is 10.9. The number of benzene rings is 1. The van der Waals surface area contributed by atoms with Crippen molar-refractivity contribution < 1.29 is 13.2 Å². The molecule has 0 unspecified atom stereocenters. The number of amides is 1. The highest BCUT2D eigenvalue weighted by Crippen LogP contribution is 2.24. The minimum Gasteiger partial charge on any atom is -0.329 e. The van der Waals surface area contributed by atoms with Crippen molar-refractivity contribution in [2.75, 3.05) is 18.0 Å². The highest BCUT2D eigenvalue weighted by Gasteiger charge is 2.31. The van der Waals surface area contributed by atoms with E-state index in [2.05, 4.69) is 4.72 Å². The zero-order valence-electron chi connectivity index (χ0n) is 14.1. The number of nitrogens with zero attached hydrogens (tertiary/aromatic N) is 1. The number of nitrogens with one attached hydrogen (secondary N) is 1. The van der Waals surface area contributed by atoms with E-state index in [1.165, 1.54) is 12.1 Å². The van der Waals surface area contributed by atoms with Crippen molar-refractivity contribution in [2.45, 2.75) is 50.0 Å². The van der Waals surface area contributed by atoms with Gasteiger partial charge in [0.05, 0.1) is 4.90 Å². The van der Waals surface area contributed by atoms with Crippen LogP contribution in [-0.2, 0) is 14.8 Å². The minimum absolute atomic E-state index is 0. The van der Waals surface area contributed by atoms with Crippen molar-refractivity contribution in [3.05, 3.63) is 24.3 Å². The summed E-state index contributed by atoms with van der Waals surface area (Å²) in [5, 5.41) is 0. The number of sulfonamides is 1. The molecule has 136 valence electrons. The Kier molecular flexibility index (Phi) is 7.22. The molecule has 1 heterocycles. The molecule has 1 aromatic rings. The number of halogens is 1. The van der Waals surface area contributed by atoms with Crippen LogP contribution < -0.4 is 15.4 Å². The number of anilines is 1. The fourth-order valence-corrected chi connectivity index (χ4v) is 4.35. The molecule has 6 nitrogen and oxygen atoms in total. The van der Waals surface area contributed by atoms with Gasteiger partial charge in [-0.2, -0.15) is 0 Å². The summed E-state index contributed by atoms with van der Waals surface area (Å²) >= 11 is 0. The van der Waals surface area contributed by atoms with Gasteiger partial charge in [0.15, 0.2) is 0 Å². The Morgan fingerprint density at radius 2 is 1.79 bits per heavy atom. The molecule has 1 fully saturated rings. The normalized spacial score (nSPS) is 15.5. The molecule has 1 aliphatic rings. The van der Waals surface area contributed by atoms with Crippen molar-refractivity contribution in [3.63, 3.8) is 0 Å². The van der Waals surface area contributed by atoms with Crippen LogP contribution in [0.25, 0.3) is 0 Å². The summed E-state index contributed by atoms with van der Waals surface area (Å²) in [5.41, 5.74) is 5.88. The van der Waals surface area contributed by atoms with Gasteiger partial charge in [0.1, 0.15) is 0 Å². The van der Waals surface area contributed by atoms with E-state index in [-0.39, 0.29) is 29.8 Å². The van der Waals surface area contributed by atoms with E-state index in [9.17, 15) is 13.2 Å². The molecular formula is C16H26ClN3O3S. The largest absolute Gasteiger partial charge is 0.329 e. The van der Waals surface area contributed by atoms with E-state index in [4.69, 9.17) is 5.73 Å². The highest BCUT2D eigenvalue weighted by atomic mass is 35.5. The van der Waals surface area contributed by atoms with Crippen LogP contribution in [0.3, 0.4) is 0 Å². The van der Waals surface area contributed by atoms with E-state index >= 15 is 0 Å². The van der Waals surface area contributed by atoms with Gasteiger partial charge in [-0.3, -0.25) is 4.79 Å². The number of rotatable bonds is 7. The maximum Gasteiger partial charge on any atom is 0.241 e. The standard InChI is InChI=1S/C16H25N3O3S.ClH/c1-3-16(4-2,12-17)18-23(21,22)14-9-7-13(8-10-14)19-11-5-6-15(19)20;/h7-10,18H,3-6,11-12,17H2,1-2H3;1H. The van der Waals surface area contributed by atoms with Crippen LogP contribution in [-0.4, -0.2) is 33.0 Å². The van der Waals surface area contributed by atoms with E-state index in [1.54, 1.807) is 17.0 Å². The number of hydrogen-bond acceptors (Lipinski definition) is 4. The topological polar surface area (TPSA) is 92.5 Å². The fraction of sp³-hybridized carbons (Fsp3) is 0.562. The molecule has 3 N–H and O–H groups in total. The molecule has 1 aromatic carbocycles. The predicted molar refractivity (Wildman–Crippen MR) is 98.0 cm³/mol. The van der Waals surface area contributed by atoms with Gasteiger partial charge < -0.3 is 10.6 Å². The Morgan fingerprint density at radius 3 is 2.21 bits per heavy atom. The second-order valence-corrected chi connectivity index (χ2v) is 7.62. The summed E-state index contributed by atoms with van der Waals surface area (Å²) in [6.45, 7) is 4.77. The molecule has 0 atom stereocenters. The number of hydrogen-bond donors (Lipinski definition) is 2. The van der Waals surface area contributed by atoms with Crippen molar-refractivity contribution in [1.29, 1.82) is 0 Å². The van der Waals surface area contributed by atoms with E-state index in [0.717, 1.165) is 12.1 Å². The Bertz CT molecular complexity index is 649. The van der Waals surface area contributed by atoms with Gasteiger partial charge in [-0.1, -0.05) is 13.8 Å². The zero-order valence-corrected chi connectivity index (χ0v) is 15.8. The molecule has 0 spiro atoms. The molecule has 1 amide bonds. The first kappa shape index (κ1) is 20.9. The first-order valence-corrected chi connectivity index (χ1v) is 9.50. The van der Waals surface area contributed by atoms with E-state index < -0.39 is 15.6 Å². The van der Waals surface area contributed by atoms with Crippen LogP contribution in [0.1, 0.15) is 39.5 Å². The van der Waals surface area contributed by atoms with E-state index in [0.29, 0.717) is 25.8 Å². The summed E-state index contributed by atoms with van der Waals surface area (Å²) in [4.78, 5) is 13.6. The van der Waals surface area contributed by atoms with Crippen LogP contribution in [0, 0.1) is 0 Å². The lowest BCUT2D eigenvalue weighted by molar-refractivity contribution is -0.117. The van der Waals surface area contributed by atoms with Crippen LogP contribution in [0.15, 0.2) is 29.2 Å². The summed E-state index contributed by atoms with van der Waals surface area (Å²) in [6, 6.07) is 6.44. The lowest BCUT2D eigenvalue weighted by Crippen LogP contribution is -2.52. The molecular weight excluding hydrogens is 350 g/mol. The summed E-state index contributed by atoms with van der Waals surface area (Å²) in [7, 11) is -3.64. The lowest BCUT2D eigenvalue weighted by atomic mass is 9.95. The second kappa shape index (κ2) is 8.29. The van der Waals surface area contributed by atoms with Crippen LogP contribution in [0.5, 0.6) is 0 Å². The average Bonchev–Trinajstić information content (AvgIpc) is 2.99. The molecule has 0 radical (unpaired) electrons. The molecule has 0 saturated carbocycles. The molecule has 24 heavy (non-hydrogen) atoms. The first-order valence-electron chi connectivity index (χ1n) is 8.02. The van der Waals surface area contributed by atoms with Gasteiger partial charge in [-0.05, 0) is 43.5 Å². The van der Waals surface area contributed by atoms with Gasteiger partial charge in [0.25, 0.3) is 0 Å². The Labute approximate surface area is 150 Å². The Morgan fingerprint density at radius 1 is 1.21 bits per heavy atom. The van der Waals surface area contributed by atoms with Crippen molar-refractivity contribution in [1.82, 2.24) is 4.72 Å². The van der Waals surface area contributed by atoms with Crippen molar-refractivity contribution in [3.8, 4) is 0 Å². The SMILES string of the molecule is CCC(CC)(CN)NS(=O)(=O)c1ccc(N2CCCC2=O)cc1.Cl. The van der Waals surface area contributed by atoms with E-state index in [1.807, 2.05) is 13.8 Å². The zero-order chi connectivity index (χ0) is 17.1. The highest BCUT2D eigenvalue weighted by molar-refractivity contribution is 7.89. The molecule has 1 aliphatic heterocycles. The van der Waals surface area contributed by atoms with Crippen LogP contribution in [0.4, 0.5) is 5.69 Å². The van der Waals surface area contributed by atoms with Gasteiger partial charge in [-0.15, -0.1) is 12.4 Å². The molecule has 2 rings (SSSR count). The van der Waals surface area contributed by atoms with Crippen LogP contribution >= 0.6 is 12.4 Å². The van der Waals surface area contributed by atoms with Crippen molar-refractivity contribution >= 4 is 34.0 Å². The minimum atomic E-state index is -3.64.